The van der Waals surface area contributed by atoms with Crippen LogP contribution in [0.4, 0.5) is 0 Å². The number of carbonyl (C=O) groups excluding carboxylic acids is 1. The first-order valence-electron chi connectivity index (χ1n) is 6.10. The molecule has 1 unspecified atom stereocenters. The van der Waals surface area contributed by atoms with Crippen LogP contribution in [0.25, 0.3) is 0 Å². The molecule has 1 aromatic rings. The Hall–Kier alpha value is -1.49. The molecule has 1 aliphatic heterocycles. The van der Waals surface area contributed by atoms with Gasteiger partial charge in [0.15, 0.2) is 0 Å². The SMILES string of the molecule is NCCC1CCCCN1C(=O)c1ccnnc1. The Morgan fingerprint density at radius 1 is 1.47 bits per heavy atom. The standard InChI is InChI=1S/C12H18N4O/c13-6-4-11-3-1-2-8-16(11)12(17)10-5-7-14-15-9-10/h5,7,9,11H,1-4,6,8,13H2. The zero-order chi connectivity index (χ0) is 12.1. The van der Waals surface area contributed by atoms with E-state index >= 15 is 0 Å². The summed E-state index contributed by atoms with van der Waals surface area (Å²) in [5.74, 6) is 0.0538. The highest BCUT2D eigenvalue weighted by Crippen LogP contribution is 2.21. The van der Waals surface area contributed by atoms with Crippen LogP contribution in [0.2, 0.25) is 0 Å². The lowest BCUT2D eigenvalue weighted by molar-refractivity contribution is 0.0604. The van der Waals surface area contributed by atoms with E-state index in [4.69, 9.17) is 5.73 Å². The van der Waals surface area contributed by atoms with Gasteiger partial charge >= 0.3 is 0 Å². The summed E-state index contributed by atoms with van der Waals surface area (Å²) in [6.07, 6.45) is 7.27. The summed E-state index contributed by atoms with van der Waals surface area (Å²) in [6.45, 7) is 1.45. The van der Waals surface area contributed by atoms with Crippen LogP contribution in [-0.4, -0.2) is 40.1 Å². The van der Waals surface area contributed by atoms with E-state index in [1.165, 1.54) is 12.6 Å². The minimum atomic E-state index is 0.0538. The van der Waals surface area contributed by atoms with E-state index in [1.807, 2.05) is 4.90 Å². The summed E-state index contributed by atoms with van der Waals surface area (Å²) < 4.78 is 0. The lowest BCUT2D eigenvalue weighted by Crippen LogP contribution is -2.44. The van der Waals surface area contributed by atoms with E-state index in [0.717, 1.165) is 25.8 Å². The van der Waals surface area contributed by atoms with Gasteiger partial charge in [-0.1, -0.05) is 0 Å². The minimum Gasteiger partial charge on any atom is -0.336 e. The fraction of sp³-hybridized carbons (Fsp3) is 0.583. The number of likely N-dealkylation sites (tertiary alicyclic amines) is 1. The summed E-state index contributed by atoms with van der Waals surface area (Å²) in [7, 11) is 0. The molecule has 1 atom stereocenters. The smallest absolute Gasteiger partial charge is 0.255 e. The number of amides is 1. The number of aromatic nitrogens is 2. The Kier molecular flexibility index (Phi) is 4.03. The average molecular weight is 234 g/mol. The monoisotopic (exact) mass is 234 g/mol. The molecule has 17 heavy (non-hydrogen) atoms. The Labute approximate surface area is 101 Å². The summed E-state index contributed by atoms with van der Waals surface area (Å²) in [5.41, 5.74) is 6.21. The molecule has 2 heterocycles. The Morgan fingerprint density at radius 3 is 3.06 bits per heavy atom. The van der Waals surface area contributed by atoms with E-state index in [9.17, 15) is 4.79 Å². The number of piperidine rings is 1. The van der Waals surface area contributed by atoms with Crippen molar-refractivity contribution in [2.45, 2.75) is 31.7 Å². The average Bonchev–Trinajstić information content (AvgIpc) is 2.40. The third-order valence-corrected chi connectivity index (χ3v) is 3.22. The number of rotatable bonds is 3. The van der Waals surface area contributed by atoms with Crippen molar-refractivity contribution >= 4 is 5.91 Å². The van der Waals surface area contributed by atoms with Crippen molar-refractivity contribution in [2.75, 3.05) is 13.1 Å². The number of hydrogen-bond donors (Lipinski definition) is 1. The maximum Gasteiger partial charge on any atom is 0.255 e. The highest BCUT2D eigenvalue weighted by Gasteiger charge is 2.26. The lowest BCUT2D eigenvalue weighted by Gasteiger charge is -2.35. The molecule has 1 aromatic heterocycles. The third kappa shape index (κ3) is 2.79. The molecule has 0 bridgehead atoms. The van der Waals surface area contributed by atoms with Gasteiger partial charge in [0, 0.05) is 12.6 Å². The van der Waals surface area contributed by atoms with E-state index in [-0.39, 0.29) is 11.9 Å². The van der Waals surface area contributed by atoms with Gasteiger partial charge in [-0.25, -0.2) is 0 Å². The van der Waals surface area contributed by atoms with Gasteiger partial charge in [0.2, 0.25) is 0 Å². The van der Waals surface area contributed by atoms with E-state index in [2.05, 4.69) is 10.2 Å². The van der Waals surface area contributed by atoms with E-state index < -0.39 is 0 Å². The number of carbonyl (C=O) groups is 1. The van der Waals surface area contributed by atoms with Crippen LogP contribution in [-0.2, 0) is 0 Å². The van der Waals surface area contributed by atoms with Gasteiger partial charge in [-0.05, 0) is 38.3 Å². The van der Waals surface area contributed by atoms with Crippen molar-refractivity contribution in [1.82, 2.24) is 15.1 Å². The van der Waals surface area contributed by atoms with Gasteiger partial charge in [-0.2, -0.15) is 10.2 Å². The zero-order valence-corrected chi connectivity index (χ0v) is 9.88. The molecule has 1 amide bonds. The molecular weight excluding hydrogens is 216 g/mol. The Bertz CT molecular complexity index is 366. The van der Waals surface area contributed by atoms with Crippen LogP contribution in [0, 0.1) is 0 Å². The second-order valence-electron chi connectivity index (χ2n) is 4.36. The van der Waals surface area contributed by atoms with E-state index in [1.54, 1.807) is 12.3 Å². The second kappa shape index (κ2) is 5.72. The van der Waals surface area contributed by atoms with Crippen LogP contribution >= 0.6 is 0 Å². The van der Waals surface area contributed by atoms with Crippen molar-refractivity contribution in [3.63, 3.8) is 0 Å². The van der Waals surface area contributed by atoms with Gasteiger partial charge in [-0.15, -0.1) is 0 Å². The molecular formula is C12H18N4O. The van der Waals surface area contributed by atoms with Crippen molar-refractivity contribution in [2.24, 2.45) is 5.73 Å². The summed E-state index contributed by atoms with van der Waals surface area (Å²) in [4.78, 5) is 14.2. The molecule has 0 saturated carbocycles. The van der Waals surface area contributed by atoms with Gasteiger partial charge in [0.25, 0.3) is 5.91 Å². The van der Waals surface area contributed by atoms with Gasteiger partial charge in [-0.3, -0.25) is 4.79 Å². The minimum absolute atomic E-state index is 0.0538. The maximum absolute atomic E-state index is 12.3. The largest absolute Gasteiger partial charge is 0.336 e. The third-order valence-electron chi connectivity index (χ3n) is 3.22. The van der Waals surface area contributed by atoms with Gasteiger partial charge < -0.3 is 10.6 Å². The molecule has 92 valence electrons. The second-order valence-corrected chi connectivity index (χ2v) is 4.36. The molecule has 1 aliphatic rings. The molecule has 1 fully saturated rings. The first-order valence-corrected chi connectivity index (χ1v) is 6.10. The molecule has 0 aliphatic carbocycles. The highest BCUT2D eigenvalue weighted by molar-refractivity contribution is 5.94. The van der Waals surface area contributed by atoms with Gasteiger partial charge in [0.1, 0.15) is 0 Å². The Balaban J connectivity index is 2.11. The number of hydrogen-bond acceptors (Lipinski definition) is 4. The summed E-state index contributed by atoms with van der Waals surface area (Å²) in [5, 5.41) is 7.44. The van der Waals surface area contributed by atoms with Crippen LogP contribution in [0.1, 0.15) is 36.0 Å². The molecule has 0 radical (unpaired) electrons. The molecule has 1 saturated heterocycles. The molecule has 0 aromatic carbocycles. The van der Waals surface area contributed by atoms with Crippen molar-refractivity contribution in [3.05, 3.63) is 24.0 Å². The molecule has 2 N–H and O–H groups in total. The number of nitrogens with zero attached hydrogens (tertiary/aromatic N) is 3. The first kappa shape index (κ1) is 12.0. The predicted octanol–water partition coefficient (Wildman–Crippen LogP) is 0.820. The summed E-state index contributed by atoms with van der Waals surface area (Å²) in [6, 6.07) is 2.00. The van der Waals surface area contributed by atoms with Crippen molar-refractivity contribution in [3.8, 4) is 0 Å². The van der Waals surface area contributed by atoms with Crippen molar-refractivity contribution < 1.29 is 4.79 Å². The number of nitrogens with two attached hydrogens (primary N) is 1. The topological polar surface area (TPSA) is 72.1 Å². The quantitative estimate of drug-likeness (QED) is 0.840. The van der Waals surface area contributed by atoms with Crippen LogP contribution in [0.5, 0.6) is 0 Å². The molecule has 5 heteroatoms. The van der Waals surface area contributed by atoms with Gasteiger partial charge in [0.05, 0.1) is 18.0 Å². The fourth-order valence-corrected chi connectivity index (χ4v) is 2.34. The first-order chi connectivity index (χ1) is 8.33. The van der Waals surface area contributed by atoms with Crippen LogP contribution < -0.4 is 5.73 Å². The lowest BCUT2D eigenvalue weighted by atomic mass is 9.98. The summed E-state index contributed by atoms with van der Waals surface area (Å²) >= 11 is 0. The van der Waals surface area contributed by atoms with E-state index in [0.29, 0.717) is 12.1 Å². The molecule has 0 spiro atoms. The highest BCUT2D eigenvalue weighted by atomic mass is 16.2. The zero-order valence-electron chi connectivity index (χ0n) is 9.88. The molecule has 2 rings (SSSR count). The van der Waals surface area contributed by atoms with Crippen molar-refractivity contribution in [1.29, 1.82) is 0 Å². The molecule has 5 nitrogen and oxygen atoms in total. The fourth-order valence-electron chi connectivity index (χ4n) is 2.34. The Morgan fingerprint density at radius 2 is 2.35 bits per heavy atom. The predicted molar refractivity (Wildman–Crippen MR) is 64.4 cm³/mol. The van der Waals surface area contributed by atoms with Crippen LogP contribution in [0.15, 0.2) is 18.5 Å². The normalized spacial score (nSPS) is 20.3. The maximum atomic E-state index is 12.3. The van der Waals surface area contributed by atoms with Crippen LogP contribution in [0.3, 0.4) is 0 Å².